The van der Waals surface area contributed by atoms with E-state index >= 15 is 0 Å². The van der Waals surface area contributed by atoms with Crippen LogP contribution in [-0.2, 0) is 5.41 Å². The Kier molecular flexibility index (Phi) is 6.33. The number of non-ortho nitro benzene ring substituents is 1. The molecule has 12 nitrogen and oxygen atoms in total. The average Bonchev–Trinajstić information content (AvgIpc) is 3.43. The van der Waals surface area contributed by atoms with Gasteiger partial charge in [0.2, 0.25) is 5.13 Å². The van der Waals surface area contributed by atoms with E-state index in [1.165, 1.54) is 52.4 Å². The Labute approximate surface area is 208 Å². The van der Waals surface area contributed by atoms with Crippen LogP contribution in [0.15, 0.2) is 62.9 Å². The Morgan fingerprint density at radius 1 is 1.03 bits per heavy atom. The Morgan fingerprint density at radius 3 is 2.31 bits per heavy atom. The zero-order chi connectivity index (χ0) is 26.2. The van der Waals surface area contributed by atoms with E-state index in [4.69, 9.17) is 0 Å². The lowest BCUT2D eigenvalue weighted by Gasteiger charge is -2.14. The molecule has 1 N–H and O–H groups in total. The summed E-state index contributed by atoms with van der Waals surface area (Å²) in [6, 6.07) is 10.0. The molecule has 0 fully saturated rings. The SMILES string of the molecule is Cc1c(N=Nc2c(-c3ccc([N+](=O)[O-])cc3)[nH]n(-c3nc(C(C)(C)C)cs3)c2=O)cccc1[N+](=O)[O-]. The molecule has 0 atom stereocenters. The van der Waals surface area contributed by atoms with Crippen LogP contribution in [-0.4, -0.2) is 24.6 Å². The summed E-state index contributed by atoms with van der Waals surface area (Å²) >= 11 is 1.27. The second kappa shape index (κ2) is 9.26. The molecule has 0 saturated carbocycles. The minimum atomic E-state index is -0.537. The molecule has 0 amide bonds. The first-order chi connectivity index (χ1) is 17.0. The number of benzene rings is 2. The van der Waals surface area contributed by atoms with Gasteiger partial charge >= 0.3 is 5.56 Å². The van der Waals surface area contributed by atoms with Crippen molar-refractivity contribution >= 4 is 34.1 Å². The molecule has 0 saturated heterocycles. The predicted molar refractivity (Wildman–Crippen MR) is 135 cm³/mol. The van der Waals surface area contributed by atoms with E-state index in [1.54, 1.807) is 13.0 Å². The van der Waals surface area contributed by atoms with E-state index in [1.807, 2.05) is 26.2 Å². The van der Waals surface area contributed by atoms with Crippen molar-refractivity contribution in [2.24, 2.45) is 10.2 Å². The topological polar surface area (TPSA) is 162 Å². The molecule has 36 heavy (non-hydrogen) atoms. The molecule has 2 aromatic carbocycles. The highest BCUT2D eigenvalue weighted by atomic mass is 32.1. The number of rotatable bonds is 6. The fourth-order valence-electron chi connectivity index (χ4n) is 3.34. The Balaban J connectivity index is 1.87. The van der Waals surface area contributed by atoms with E-state index in [-0.39, 0.29) is 33.9 Å². The lowest BCUT2D eigenvalue weighted by molar-refractivity contribution is -0.385. The van der Waals surface area contributed by atoms with Crippen LogP contribution in [0.2, 0.25) is 0 Å². The number of hydrogen-bond acceptors (Lipinski definition) is 9. The summed E-state index contributed by atoms with van der Waals surface area (Å²) in [4.78, 5) is 39.3. The zero-order valence-corrected chi connectivity index (χ0v) is 20.6. The van der Waals surface area contributed by atoms with Gasteiger partial charge < -0.3 is 0 Å². The molecule has 0 radical (unpaired) electrons. The molecule has 0 aliphatic rings. The normalized spacial score (nSPS) is 11.8. The summed E-state index contributed by atoms with van der Waals surface area (Å²) in [6.45, 7) is 7.56. The minimum Gasteiger partial charge on any atom is -0.286 e. The highest BCUT2D eigenvalue weighted by molar-refractivity contribution is 7.12. The summed E-state index contributed by atoms with van der Waals surface area (Å²) in [5.41, 5.74) is 1.01. The van der Waals surface area contributed by atoms with Crippen molar-refractivity contribution in [3.63, 3.8) is 0 Å². The summed E-state index contributed by atoms with van der Waals surface area (Å²) in [7, 11) is 0. The van der Waals surface area contributed by atoms with Gasteiger partial charge in [0, 0.05) is 34.6 Å². The van der Waals surface area contributed by atoms with Crippen LogP contribution in [0, 0.1) is 27.2 Å². The van der Waals surface area contributed by atoms with E-state index < -0.39 is 15.4 Å². The molecular formula is C23H21N7O5S. The predicted octanol–water partition coefficient (Wildman–Crippen LogP) is 6.13. The quantitative estimate of drug-likeness (QED) is 0.188. The van der Waals surface area contributed by atoms with Crippen LogP contribution in [0.4, 0.5) is 22.7 Å². The number of nitro benzene ring substituents is 2. The van der Waals surface area contributed by atoms with Crippen molar-refractivity contribution in [3.05, 3.63) is 89.7 Å². The van der Waals surface area contributed by atoms with Crippen molar-refractivity contribution < 1.29 is 9.85 Å². The largest absolute Gasteiger partial charge is 0.301 e. The number of thiazole rings is 1. The number of nitrogens with zero attached hydrogens (tertiary/aromatic N) is 6. The molecule has 0 bridgehead atoms. The number of azo groups is 1. The molecule has 2 heterocycles. The van der Waals surface area contributed by atoms with Crippen molar-refractivity contribution in [3.8, 4) is 16.4 Å². The Morgan fingerprint density at radius 2 is 1.72 bits per heavy atom. The van der Waals surface area contributed by atoms with Gasteiger partial charge in [-0.3, -0.25) is 30.1 Å². The molecule has 0 aliphatic carbocycles. The lowest BCUT2D eigenvalue weighted by atomic mass is 9.93. The molecule has 4 aromatic rings. The van der Waals surface area contributed by atoms with Gasteiger partial charge in [-0.15, -0.1) is 21.6 Å². The number of nitro groups is 2. The summed E-state index contributed by atoms with van der Waals surface area (Å²) < 4.78 is 1.24. The standard InChI is InChI=1S/C23H21N7O5S/c1-13-16(6-5-7-17(13)30(34)35)25-26-20-19(14-8-10-15(11-9-14)29(32)33)27-28(21(20)31)22-24-18(12-36-22)23(2,3)4/h5-12,27H,1-4H3. The van der Waals surface area contributed by atoms with Crippen LogP contribution in [0.5, 0.6) is 0 Å². The van der Waals surface area contributed by atoms with Gasteiger partial charge in [0.25, 0.3) is 11.4 Å². The molecule has 4 rings (SSSR count). The zero-order valence-electron chi connectivity index (χ0n) is 19.8. The first-order valence-electron chi connectivity index (χ1n) is 10.7. The second-order valence-corrected chi connectivity index (χ2v) is 9.76. The maximum Gasteiger partial charge on any atom is 0.301 e. The van der Waals surface area contributed by atoms with Crippen LogP contribution in [0.3, 0.4) is 0 Å². The van der Waals surface area contributed by atoms with Gasteiger partial charge in [0.15, 0.2) is 5.69 Å². The number of H-pyrrole nitrogens is 1. The molecule has 2 aromatic heterocycles. The fourth-order valence-corrected chi connectivity index (χ4v) is 4.35. The van der Waals surface area contributed by atoms with E-state index in [9.17, 15) is 25.0 Å². The highest BCUT2D eigenvalue weighted by Gasteiger charge is 2.23. The van der Waals surface area contributed by atoms with Crippen molar-refractivity contribution in [2.75, 3.05) is 0 Å². The van der Waals surface area contributed by atoms with Crippen LogP contribution >= 0.6 is 11.3 Å². The number of nitrogens with one attached hydrogen (secondary N) is 1. The molecule has 13 heteroatoms. The monoisotopic (exact) mass is 507 g/mol. The van der Waals surface area contributed by atoms with Gasteiger partial charge in [-0.25, -0.2) is 4.98 Å². The van der Waals surface area contributed by atoms with E-state index in [0.29, 0.717) is 16.3 Å². The first-order valence-corrected chi connectivity index (χ1v) is 11.6. The van der Waals surface area contributed by atoms with E-state index in [0.717, 1.165) is 5.69 Å². The summed E-state index contributed by atoms with van der Waals surface area (Å²) in [5, 5.41) is 35.9. The fraction of sp³-hybridized carbons (Fsp3) is 0.217. The maximum absolute atomic E-state index is 13.4. The third kappa shape index (κ3) is 4.68. The first kappa shape index (κ1) is 24.6. The molecule has 184 valence electrons. The number of aromatic nitrogens is 3. The summed E-state index contributed by atoms with van der Waals surface area (Å²) in [6.07, 6.45) is 0. The Bertz CT molecular complexity index is 1560. The van der Waals surface area contributed by atoms with Crippen LogP contribution < -0.4 is 5.56 Å². The molecule has 0 aliphatic heterocycles. The van der Waals surface area contributed by atoms with Crippen molar-refractivity contribution in [1.29, 1.82) is 0 Å². The van der Waals surface area contributed by atoms with Gasteiger partial charge in [0.05, 0.1) is 32.5 Å². The van der Waals surface area contributed by atoms with Crippen molar-refractivity contribution in [1.82, 2.24) is 14.8 Å². The summed E-state index contributed by atoms with van der Waals surface area (Å²) in [5.74, 6) is 0. The number of aromatic amines is 1. The third-order valence-electron chi connectivity index (χ3n) is 5.42. The Hall–Kier alpha value is -4.52. The second-order valence-electron chi connectivity index (χ2n) is 8.92. The highest BCUT2D eigenvalue weighted by Crippen LogP contribution is 2.33. The lowest BCUT2D eigenvalue weighted by Crippen LogP contribution is -2.16. The average molecular weight is 508 g/mol. The maximum atomic E-state index is 13.4. The van der Waals surface area contributed by atoms with Gasteiger partial charge in [-0.2, -0.15) is 4.68 Å². The smallest absolute Gasteiger partial charge is 0.286 e. The minimum absolute atomic E-state index is 0.0673. The van der Waals surface area contributed by atoms with Crippen LogP contribution in [0.25, 0.3) is 16.4 Å². The van der Waals surface area contributed by atoms with Gasteiger partial charge in [-0.05, 0) is 25.1 Å². The molecule has 0 unspecified atom stereocenters. The van der Waals surface area contributed by atoms with Crippen molar-refractivity contribution in [2.45, 2.75) is 33.1 Å². The van der Waals surface area contributed by atoms with Gasteiger partial charge in [-0.1, -0.05) is 26.8 Å². The number of hydrogen-bond donors (Lipinski definition) is 1. The van der Waals surface area contributed by atoms with Gasteiger partial charge in [0.1, 0.15) is 0 Å². The molecule has 0 spiro atoms. The van der Waals surface area contributed by atoms with Crippen LogP contribution in [0.1, 0.15) is 32.0 Å². The van der Waals surface area contributed by atoms with E-state index in [2.05, 4.69) is 20.3 Å². The molecular weight excluding hydrogens is 486 g/mol. The third-order valence-corrected chi connectivity index (χ3v) is 6.24.